The maximum Gasteiger partial charge on any atom is 0.276 e. The summed E-state index contributed by atoms with van der Waals surface area (Å²) in [5.41, 5.74) is 5.15. The van der Waals surface area contributed by atoms with Crippen LogP contribution in [-0.2, 0) is 7.05 Å². The Balaban J connectivity index is 1.79. The van der Waals surface area contributed by atoms with Crippen LogP contribution in [0.4, 0.5) is 5.69 Å². The predicted molar refractivity (Wildman–Crippen MR) is 88.9 cm³/mol. The van der Waals surface area contributed by atoms with Gasteiger partial charge in [-0.15, -0.1) is 0 Å². The zero-order valence-corrected chi connectivity index (χ0v) is 13.7. The van der Waals surface area contributed by atoms with Gasteiger partial charge in [-0.2, -0.15) is 5.10 Å². The first kappa shape index (κ1) is 15.0. The molecule has 1 N–H and O–H groups in total. The zero-order chi connectivity index (χ0) is 16.6. The fraction of sp³-hybridized carbons (Fsp3) is 0.235. The number of aryl methyl sites for hydroxylation is 3. The van der Waals surface area contributed by atoms with Crippen LogP contribution in [0.5, 0.6) is 0 Å². The van der Waals surface area contributed by atoms with Crippen LogP contribution in [0, 0.1) is 20.8 Å². The SMILES string of the molecule is Cc1cn(C)nc1C(=O)Nc1ccc(-n2cnc(C)c2C)cc1. The summed E-state index contributed by atoms with van der Waals surface area (Å²) < 4.78 is 3.65. The van der Waals surface area contributed by atoms with E-state index in [0.29, 0.717) is 5.69 Å². The lowest BCUT2D eigenvalue weighted by Crippen LogP contribution is -2.14. The van der Waals surface area contributed by atoms with Gasteiger partial charge in [0.05, 0.1) is 12.0 Å². The van der Waals surface area contributed by atoms with Gasteiger partial charge >= 0.3 is 0 Å². The Morgan fingerprint density at radius 1 is 1.13 bits per heavy atom. The molecular formula is C17H19N5O. The van der Waals surface area contributed by atoms with Crippen molar-refractivity contribution in [2.24, 2.45) is 7.05 Å². The second kappa shape index (κ2) is 5.72. The van der Waals surface area contributed by atoms with Gasteiger partial charge in [0.15, 0.2) is 5.69 Å². The Morgan fingerprint density at radius 2 is 1.83 bits per heavy atom. The molecule has 1 amide bonds. The third-order valence-electron chi connectivity index (χ3n) is 3.88. The average molecular weight is 309 g/mol. The number of aromatic nitrogens is 4. The zero-order valence-electron chi connectivity index (χ0n) is 13.7. The Kier molecular flexibility index (Phi) is 3.73. The van der Waals surface area contributed by atoms with Crippen molar-refractivity contribution >= 4 is 11.6 Å². The lowest BCUT2D eigenvalue weighted by molar-refractivity contribution is 0.102. The van der Waals surface area contributed by atoms with Gasteiger partial charge in [-0.3, -0.25) is 9.48 Å². The van der Waals surface area contributed by atoms with Gasteiger partial charge in [0.1, 0.15) is 0 Å². The fourth-order valence-electron chi connectivity index (χ4n) is 2.49. The van der Waals surface area contributed by atoms with E-state index >= 15 is 0 Å². The minimum absolute atomic E-state index is 0.203. The molecule has 0 saturated heterocycles. The summed E-state index contributed by atoms with van der Waals surface area (Å²) in [6.45, 7) is 5.88. The van der Waals surface area contributed by atoms with Crippen molar-refractivity contribution in [3.8, 4) is 5.69 Å². The van der Waals surface area contributed by atoms with E-state index < -0.39 is 0 Å². The van der Waals surface area contributed by atoms with Crippen molar-refractivity contribution in [1.82, 2.24) is 19.3 Å². The van der Waals surface area contributed by atoms with Crippen LogP contribution >= 0.6 is 0 Å². The van der Waals surface area contributed by atoms with Crippen molar-refractivity contribution in [2.45, 2.75) is 20.8 Å². The smallest absolute Gasteiger partial charge is 0.276 e. The largest absolute Gasteiger partial charge is 0.321 e. The van der Waals surface area contributed by atoms with Gasteiger partial charge < -0.3 is 9.88 Å². The maximum atomic E-state index is 12.3. The molecule has 0 fully saturated rings. The molecule has 1 aromatic carbocycles. The number of hydrogen-bond donors (Lipinski definition) is 1. The van der Waals surface area contributed by atoms with E-state index in [2.05, 4.69) is 15.4 Å². The molecule has 0 aliphatic carbocycles. The lowest BCUT2D eigenvalue weighted by atomic mass is 10.2. The third kappa shape index (κ3) is 2.88. The Hall–Kier alpha value is -2.89. The molecule has 6 heteroatoms. The Labute approximate surface area is 134 Å². The molecule has 0 radical (unpaired) electrons. The molecule has 0 bridgehead atoms. The molecule has 0 unspecified atom stereocenters. The highest BCUT2D eigenvalue weighted by atomic mass is 16.2. The second-order valence-corrected chi connectivity index (χ2v) is 5.62. The van der Waals surface area contributed by atoms with Crippen molar-refractivity contribution in [3.05, 3.63) is 59.4 Å². The first-order chi connectivity index (χ1) is 11.0. The Bertz CT molecular complexity index is 858. The number of carbonyl (C=O) groups excluding carboxylic acids is 1. The van der Waals surface area contributed by atoms with Crippen LogP contribution in [0.25, 0.3) is 5.69 Å². The molecule has 2 aromatic heterocycles. The number of anilines is 1. The molecule has 0 aliphatic rings. The highest BCUT2D eigenvalue weighted by Gasteiger charge is 2.13. The van der Waals surface area contributed by atoms with E-state index in [0.717, 1.165) is 28.3 Å². The summed E-state index contributed by atoms with van der Waals surface area (Å²) in [6.07, 6.45) is 3.62. The molecule has 3 aromatic rings. The molecule has 0 atom stereocenters. The number of nitrogens with zero attached hydrogens (tertiary/aromatic N) is 4. The summed E-state index contributed by atoms with van der Waals surface area (Å²) in [4.78, 5) is 16.6. The van der Waals surface area contributed by atoms with Gasteiger partial charge in [-0.1, -0.05) is 0 Å². The van der Waals surface area contributed by atoms with E-state index in [9.17, 15) is 4.79 Å². The maximum absolute atomic E-state index is 12.3. The fourth-order valence-corrected chi connectivity index (χ4v) is 2.49. The minimum Gasteiger partial charge on any atom is -0.321 e. The number of amides is 1. The molecule has 0 spiro atoms. The summed E-state index contributed by atoms with van der Waals surface area (Å²) in [5, 5.41) is 7.05. The number of rotatable bonds is 3. The van der Waals surface area contributed by atoms with Crippen LogP contribution in [-0.4, -0.2) is 25.2 Å². The van der Waals surface area contributed by atoms with E-state index in [1.54, 1.807) is 18.1 Å². The van der Waals surface area contributed by atoms with Crippen molar-refractivity contribution in [2.75, 3.05) is 5.32 Å². The molecule has 6 nitrogen and oxygen atoms in total. The first-order valence-corrected chi connectivity index (χ1v) is 7.38. The van der Waals surface area contributed by atoms with Crippen LogP contribution < -0.4 is 5.32 Å². The minimum atomic E-state index is -0.203. The van der Waals surface area contributed by atoms with Crippen LogP contribution in [0.1, 0.15) is 27.4 Å². The van der Waals surface area contributed by atoms with Gasteiger partial charge in [-0.05, 0) is 45.0 Å². The average Bonchev–Trinajstić information content (AvgIpc) is 3.03. The number of carbonyl (C=O) groups is 1. The van der Waals surface area contributed by atoms with Crippen molar-refractivity contribution in [1.29, 1.82) is 0 Å². The molecule has 23 heavy (non-hydrogen) atoms. The lowest BCUT2D eigenvalue weighted by Gasteiger charge is -2.08. The van der Waals surface area contributed by atoms with Crippen LogP contribution in [0.3, 0.4) is 0 Å². The van der Waals surface area contributed by atoms with Crippen LogP contribution in [0.15, 0.2) is 36.8 Å². The Morgan fingerprint density at radius 3 is 2.35 bits per heavy atom. The molecule has 2 heterocycles. The third-order valence-corrected chi connectivity index (χ3v) is 3.88. The van der Waals surface area contributed by atoms with Crippen molar-refractivity contribution in [3.63, 3.8) is 0 Å². The summed E-state index contributed by atoms with van der Waals surface area (Å²) in [7, 11) is 1.80. The summed E-state index contributed by atoms with van der Waals surface area (Å²) in [6, 6.07) is 7.66. The standard InChI is InChI=1S/C17H19N5O/c1-11-9-21(4)20-16(11)17(23)19-14-5-7-15(8-6-14)22-10-18-12(2)13(22)3/h5-10H,1-4H3,(H,19,23). The first-order valence-electron chi connectivity index (χ1n) is 7.38. The second-order valence-electron chi connectivity index (χ2n) is 5.62. The van der Waals surface area contributed by atoms with Crippen LogP contribution in [0.2, 0.25) is 0 Å². The molecule has 118 valence electrons. The topological polar surface area (TPSA) is 64.7 Å². The predicted octanol–water partition coefficient (Wildman–Crippen LogP) is 2.78. The van der Waals surface area contributed by atoms with E-state index in [1.165, 1.54) is 0 Å². The van der Waals surface area contributed by atoms with E-state index in [4.69, 9.17) is 0 Å². The number of imidazole rings is 1. The number of benzene rings is 1. The van der Waals surface area contributed by atoms with Gasteiger partial charge in [0, 0.05) is 35.9 Å². The summed E-state index contributed by atoms with van der Waals surface area (Å²) in [5.74, 6) is -0.203. The number of nitrogens with one attached hydrogen (secondary N) is 1. The molecule has 0 saturated carbocycles. The summed E-state index contributed by atoms with van der Waals surface area (Å²) >= 11 is 0. The van der Waals surface area contributed by atoms with Crippen molar-refractivity contribution < 1.29 is 4.79 Å². The highest BCUT2D eigenvalue weighted by Crippen LogP contribution is 2.17. The quantitative estimate of drug-likeness (QED) is 0.809. The number of hydrogen-bond acceptors (Lipinski definition) is 3. The molecule has 0 aliphatic heterocycles. The van der Waals surface area contributed by atoms with E-state index in [-0.39, 0.29) is 5.91 Å². The van der Waals surface area contributed by atoms with Gasteiger partial charge in [0.25, 0.3) is 5.91 Å². The van der Waals surface area contributed by atoms with Gasteiger partial charge in [0.2, 0.25) is 0 Å². The normalized spacial score (nSPS) is 10.8. The van der Waals surface area contributed by atoms with Gasteiger partial charge in [-0.25, -0.2) is 4.98 Å². The highest BCUT2D eigenvalue weighted by molar-refractivity contribution is 6.03. The molecular weight excluding hydrogens is 290 g/mol. The monoisotopic (exact) mass is 309 g/mol. The van der Waals surface area contributed by atoms with E-state index in [1.807, 2.05) is 55.8 Å². The molecule has 3 rings (SSSR count).